The Bertz CT molecular complexity index is 390. The summed E-state index contributed by atoms with van der Waals surface area (Å²) in [6.45, 7) is 0. The van der Waals surface area contributed by atoms with Gasteiger partial charge in [0.05, 0.1) is 0 Å². The first-order valence-corrected chi connectivity index (χ1v) is 34.7. The summed E-state index contributed by atoms with van der Waals surface area (Å²) < 4.78 is 56.1. The summed E-state index contributed by atoms with van der Waals surface area (Å²) in [7, 11) is 0. The first kappa shape index (κ1) is 17.3. The molecule has 0 unspecified atom stereocenters. The van der Waals surface area contributed by atoms with E-state index < -0.39 is 85.7 Å². The zero-order valence-electron chi connectivity index (χ0n) is 12.7. The van der Waals surface area contributed by atoms with Gasteiger partial charge in [-0.2, -0.15) is 0 Å². The molecule has 0 aromatic rings. The van der Waals surface area contributed by atoms with Gasteiger partial charge in [0.2, 0.25) is 0 Å². The van der Waals surface area contributed by atoms with Gasteiger partial charge in [-0.15, -0.1) is 0 Å². The van der Waals surface area contributed by atoms with Gasteiger partial charge in [0.25, 0.3) is 0 Å². The fourth-order valence-electron chi connectivity index (χ4n) is 3.41. The number of hydrogen-bond acceptors (Lipinski definition) is 9. The summed E-state index contributed by atoms with van der Waals surface area (Å²) in [5.41, 5.74) is 0. The average Bonchev–Trinajstić information content (AvgIpc) is 2.00. The van der Waals surface area contributed by atoms with E-state index in [1.54, 1.807) is 0 Å². The SMILES string of the molecule is [CH3][Ge]12[O][Ge]3([CH3])[O][Ge]([CH3])([O]1)[O][Ge]1([CH3])[O][Ge]([CH3])([O][Ge]([CH3])([O]1)[O]3)[O]2. The minimum absolute atomic E-state index is 1.91. The van der Waals surface area contributed by atoms with Gasteiger partial charge in [0.1, 0.15) is 0 Å². The zero-order valence-corrected chi connectivity index (χ0v) is 25.3. The van der Waals surface area contributed by atoms with Crippen molar-refractivity contribution in [3.8, 4) is 0 Å². The predicted octanol–water partition coefficient (Wildman–Crippen LogP) is 0.602. The van der Waals surface area contributed by atoms with Crippen LogP contribution in [-0.4, -0.2) is 85.7 Å². The summed E-state index contributed by atoms with van der Waals surface area (Å²) in [6.07, 6.45) is 0. The number of rotatable bonds is 0. The molecule has 120 valence electrons. The summed E-state index contributed by atoms with van der Waals surface area (Å²) in [4.78, 5) is 0. The molecule has 15 heteroatoms. The van der Waals surface area contributed by atoms with E-state index in [1.807, 2.05) is 34.5 Å². The van der Waals surface area contributed by atoms with Crippen LogP contribution in [0.2, 0.25) is 34.5 Å². The number of hydrogen-bond donors (Lipinski definition) is 0. The van der Waals surface area contributed by atoms with Crippen LogP contribution in [0.3, 0.4) is 0 Å². The van der Waals surface area contributed by atoms with Gasteiger partial charge in [0, 0.05) is 0 Å². The third-order valence-electron chi connectivity index (χ3n) is 3.34. The topological polar surface area (TPSA) is 83.1 Å². The van der Waals surface area contributed by atoms with Crippen molar-refractivity contribution in [2.45, 2.75) is 34.5 Å². The Labute approximate surface area is 143 Å². The third kappa shape index (κ3) is 3.09. The minimum atomic E-state index is -3.51. The van der Waals surface area contributed by atoms with Crippen molar-refractivity contribution in [2.75, 3.05) is 0 Å². The average molecular weight is 670 g/mol. The molecule has 0 saturated carbocycles. The van der Waals surface area contributed by atoms with Crippen molar-refractivity contribution in [3.05, 3.63) is 0 Å². The first-order chi connectivity index (χ1) is 9.36. The molecule has 0 aromatic carbocycles. The Balaban J connectivity index is 1.91. The third-order valence-corrected chi connectivity index (χ3v) is 90.1. The van der Waals surface area contributed by atoms with Crippen LogP contribution in [0.15, 0.2) is 0 Å². The maximum atomic E-state index is 6.32. The molecule has 0 N–H and O–H groups in total. The van der Waals surface area contributed by atoms with Crippen LogP contribution in [0.1, 0.15) is 0 Å². The fraction of sp³-hybridized carbons (Fsp3) is 1.00. The molecular weight excluding hydrogens is 652 g/mol. The molecule has 0 amide bonds. The Morgan fingerprint density at radius 1 is 0.286 bits per heavy atom. The van der Waals surface area contributed by atoms with Crippen LogP contribution in [0.4, 0.5) is 0 Å². The summed E-state index contributed by atoms with van der Waals surface area (Å²) in [6, 6.07) is 0. The Kier molecular flexibility index (Phi) is 3.95. The van der Waals surface area contributed by atoms with Crippen molar-refractivity contribution in [3.63, 3.8) is 0 Å². The van der Waals surface area contributed by atoms with Crippen molar-refractivity contribution < 1.29 is 25.1 Å². The van der Waals surface area contributed by atoms with Gasteiger partial charge in [-0.1, -0.05) is 0 Å². The van der Waals surface area contributed by atoms with E-state index in [2.05, 4.69) is 0 Å². The molecule has 0 spiro atoms. The van der Waals surface area contributed by atoms with E-state index in [0.29, 0.717) is 0 Å². The van der Waals surface area contributed by atoms with E-state index in [4.69, 9.17) is 25.1 Å². The molecule has 5 fully saturated rings. The molecule has 0 atom stereocenters. The molecule has 9 nitrogen and oxygen atoms in total. The molecule has 5 heterocycles. The quantitative estimate of drug-likeness (QED) is 0.345. The van der Waals surface area contributed by atoms with E-state index in [0.717, 1.165) is 0 Å². The van der Waals surface area contributed by atoms with Crippen molar-refractivity contribution in [2.24, 2.45) is 0 Å². The molecule has 21 heavy (non-hydrogen) atoms. The van der Waals surface area contributed by atoms with Gasteiger partial charge in [-0.05, 0) is 0 Å². The molecule has 0 aromatic heterocycles. The van der Waals surface area contributed by atoms with Crippen LogP contribution >= 0.6 is 0 Å². The molecule has 0 radical (unpaired) electrons. The van der Waals surface area contributed by atoms with Crippen LogP contribution in [0.25, 0.3) is 0 Å². The van der Waals surface area contributed by atoms with Crippen molar-refractivity contribution >= 4 is 85.7 Å². The van der Waals surface area contributed by atoms with Gasteiger partial charge < -0.3 is 0 Å². The van der Waals surface area contributed by atoms with E-state index in [1.165, 1.54) is 0 Å². The van der Waals surface area contributed by atoms with E-state index in [9.17, 15) is 0 Å². The fourth-order valence-corrected chi connectivity index (χ4v) is 134. The molecule has 0 aliphatic carbocycles. The van der Waals surface area contributed by atoms with Gasteiger partial charge in [-0.3, -0.25) is 0 Å². The second kappa shape index (κ2) is 4.79. The van der Waals surface area contributed by atoms with Crippen LogP contribution < -0.4 is 0 Å². The van der Waals surface area contributed by atoms with E-state index >= 15 is 0 Å². The zero-order chi connectivity index (χ0) is 15.4. The molecule has 5 saturated heterocycles. The molecule has 6 bridgehead atoms. The van der Waals surface area contributed by atoms with Gasteiger partial charge in [0.15, 0.2) is 0 Å². The first-order valence-electron chi connectivity index (χ1n) is 6.67. The normalized spacial score (nSPS) is 66.0. The Morgan fingerprint density at radius 2 is 0.381 bits per heavy atom. The van der Waals surface area contributed by atoms with Crippen LogP contribution in [-0.2, 0) is 25.1 Å². The molecule has 5 aliphatic rings. The van der Waals surface area contributed by atoms with Crippen LogP contribution in [0.5, 0.6) is 0 Å². The monoisotopic (exact) mass is 678 g/mol. The van der Waals surface area contributed by atoms with Crippen molar-refractivity contribution in [1.29, 1.82) is 0 Å². The molecule has 5 aliphatic heterocycles. The Morgan fingerprint density at radius 3 is 0.476 bits per heavy atom. The van der Waals surface area contributed by atoms with Gasteiger partial charge in [-0.25, -0.2) is 0 Å². The molecule has 5 rings (SSSR count). The summed E-state index contributed by atoms with van der Waals surface area (Å²) in [5.74, 6) is 11.5. The second-order valence-electron chi connectivity index (χ2n) is 6.09. The predicted molar refractivity (Wildman–Crippen MR) is 79.5 cm³/mol. The molecular formula is C6H18Ge6O9. The maximum absolute atomic E-state index is 6.32. The second-order valence-corrected chi connectivity index (χ2v) is 51.7. The van der Waals surface area contributed by atoms with Crippen LogP contribution in [0, 0.1) is 0 Å². The Hall–Kier alpha value is 2.90. The van der Waals surface area contributed by atoms with Crippen molar-refractivity contribution in [1.82, 2.24) is 0 Å². The summed E-state index contributed by atoms with van der Waals surface area (Å²) >= 11 is -21.1. The van der Waals surface area contributed by atoms with E-state index in [-0.39, 0.29) is 0 Å². The standard InChI is InChI=1S/C6H18Ge6O9/c1-7-13-8(2)15-9(3,14-7)21-12(6)17-10(4,19-7)16-11(5,18-12)20-8/h1-6H3. The summed E-state index contributed by atoms with van der Waals surface area (Å²) in [5, 5.41) is 0. The van der Waals surface area contributed by atoms with Gasteiger partial charge >= 0.3 is 145 Å².